The predicted octanol–water partition coefficient (Wildman–Crippen LogP) is 6.29. The third-order valence-electron chi connectivity index (χ3n) is 4.35. The molecule has 0 saturated carbocycles. The summed E-state index contributed by atoms with van der Waals surface area (Å²) in [6, 6.07) is 13.9. The molecule has 1 heterocycles. The Balaban J connectivity index is 1.87. The third kappa shape index (κ3) is 4.19. The Bertz CT molecular complexity index is 958. The van der Waals surface area contributed by atoms with Gasteiger partial charge in [-0.15, -0.1) is 11.3 Å². The Morgan fingerprint density at radius 2 is 1.89 bits per heavy atom. The SMILES string of the molecule is CCc1nc(-c2ccc(Oc3cc(C)ccc3C(C)C)cc2)sc1C(=O)O. The Morgan fingerprint density at radius 3 is 2.44 bits per heavy atom. The number of aryl methyl sites for hydroxylation is 2. The van der Waals surface area contributed by atoms with E-state index >= 15 is 0 Å². The molecule has 0 aliphatic rings. The maximum Gasteiger partial charge on any atom is 0.347 e. The molecule has 0 radical (unpaired) electrons. The van der Waals surface area contributed by atoms with Gasteiger partial charge in [0.15, 0.2) is 0 Å². The lowest BCUT2D eigenvalue weighted by Gasteiger charge is -2.14. The van der Waals surface area contributed by atoms with E-state index in [1.54, 1.807) is 0 Å². The van der Waals surface area contributed by atoms with E-state index in [4.69, 9.17) is 4.74 Å². The van der Waals surface area contributed by atoms with Crippen LogP contribution in [0.25, 0.3) is 10.6 Å². The van der Waals surface area contributed by atoms with Gasteiger partial charge in [-0.1, -0.05) is 32.9 Å². The van der Waals surface area contributed by atoms with Gasteiger partial charge in [0, 0.05) is 5.56 Å². The zero-order valence-electron chi connectivity index (χ0n) is 15.9. The quantitative estimate of drug-likeness (QED) is 0.545. The minimum atomic E-state index is -0.920. The van der Waals surface area contributed by atoms with E-state index in [1.165, 1.54) is 16.9 Å². The van der Waals surface area contributed by atoms with Gasteiger partial charge in [0.1, 0.15) is 21.4 Å². The van der Waals surface area contributed by atoms with Gasteiger partial charge in [-0.2, -0.15) is 0 Å². The Morgan fingerprint density at radius 1 is 1.19 bits per heavy atom. The molecule has 5 heteroatoms. The first-order valence-electron chi connectivity index (χ1n) is 9.00. The first kappa shape index (κ1) is 19.1. The summed E-state index contributed by atoms with van der Waals surface area (Å²) in [5.74, 6) is 1.07. The number of carboxylic acid groups (broad SMARTS) is 1. The molecule has 1 N–H and O–H groups in total. The van der Waals surface area contributed by atoms with E-state index in [1.807, 2.05) is 38.1 Å². The van der Waals surface area contributed by atoms with E-state index in [9.17, 15) is 9.90 Å². The maximum atomic E-state index is 11.3. The highest BCUT2D eigenvalue weighted by molar-refractivity contribution is 7.17. The van der Waals surface area contributed by atoms with Crippen molar-refractivity contribution in [2.24, 2.45) is 0 Å². The lowest BCUT2D eigenvalue weighted by Crippen LogP contribution is -1.97. The van der Waals surface area contributed by atoms with E-state index in [-0.39, 0.29) is 0 Å². The number of rotatable bonds is 6. The van der Waals surface area contributed by atoms with Gasteiger partial charge >= 0.3 is 5.97 Å². The summed E-state index contributed by atoms with van der Waals surface area (Å²) >= 11 is 1.21. The molecule has 27 heavy (non-hydrogen) atoms. The number of hydrogen-bond donors (Lipinski definition) is 1. The van der Waals surface area contributed by atoms with E-state index in [2.05, 4.69) is 37.0 Å². The molecule has 140 valence electrons. The maximum absolute atomic E-state index is 11.3. The topological polar surface area (TPSA) is 59.4 Å². The van der Waals surface area contributed by atoms with Crippen LogP contribution in [0.5, 0.6) is 11.5 Å². The van der Waals surface area contributed by atoms with E-state index < -0.39 is 5.97 Å². The van der Waals surface area contributed by atoms with Crippen molar-refractivity contribution in [2.75, 3.05) is 0 Å². The van der Waals surface area contributed by atoms with Gasteiger partial charge in [0.2, 0.25) is 0 Å². The third-order valence-corrected chi connectivity index (χ3v) is 5.48. The molecule has 0 aliphatic carbocycles. The lowest BCUT2D eigenvalue weighted by atomic mass is 10.0. The van der Waals surface area contributed by atoms with Gasteiger partial charge in [0.25, 0.3) is 0 Å². The minimum absolute atomic E-state index is 0.314. The van der Waals surface area contributed by atoms with E-state index in [0.717, 1.165) is 22.6 Å². The number of benzene rings is 2. The number of nitrogens with zero attached hydrogens (tertiary/aromatic N) is 1. The molecule has 0 saturated heterocycles. The molecule has 0 fully saturated rings. The van der Waals surface area contributed by atoms with Crippen molar-refractivity contribution in [3.8, 4) is 22.1 Å². The summed E-state index contributed by atoms with van der Waals surface area (Å²) in [7, 11) is 0. The van der Waals surface area contributed by atoms with Crippen molar-refractivity contribution in [1.29, 1.82) is 0 Å². The number of thiazole rings is 1. The molecule has 3 aromatic rings. The average Bonchev–Trinajstić information content (AvgIpc) is 3.07. The van der Waals surface area contributed by atoms with E-state index in [0.29, 0.717) is 27.9 Å². The van der Waals surface area contributed by atoms with Crippen LogP contribution in [0.2, 0.25) is 0 Å². The van der Waals surface area contributed by atoms with Crippen LogP contribution in [0.1, 0.15) is 53.2 Å². The fourth-order valence-electron chi connectivity index (χ4n) is 2.88. The van der Waals surface area contributed by atoms with Crippen LogP contribution in [0.3, 0.4) is 0 Å². The second kappa shape index (κ2) is 7.92. The normalized spacial score (nSPS) is 11.0. The van der Waals surface area contributed by atoms with Crippen LogP contribution in [0.4, 0.5) is 0 Å². The summed E-state index contributed by atoms with van der Waals surface area (Å²) in [5, 5.41) is 10.0. The molecular formula is C22H23NO3S. The van der Waals surface area contributed by atoms with Crippen LogP contribution in [0, 0.1) is 6.92 Å². The molecule has 0 amide bonds. The summed E-state index contributed by atoms with van der Waals surface area (Å²) in [6.45, 7) is 8.26. The predicted molar refractivity (Wildman–Crippen MR) is 109 cm³/mol. The van der Waals surface area contributed by atoms with Crippen molar-refractivity contribution in [3.63, 3.8) is 0 Å². The number of ether oxygens (including phenoxy) is 1. The number of aromatic nitrogens is 1. The molecule has 0 atom stereocenters. The fraction of sp³-hybridized carbons (Fsp3) is 0.273. The van der Waals surface area contributed by atoms with Crippen LogP contribution in [-0.4, -0.2) is 16.1 Å². The zero-order valence-corrected chi connectivity index (χ0v) is 16.8. The van der Waals surface area contributed by atoms with Gasteiger partial charge in [-0.25, -0.2) is 9.78 Å². The summed E-state index contributed by atoms with van der Waals surface area (Å²) in [4.78, 5) is 16.1. The molecule has 0 spiro atoms. The number of carbonyl (C=O) groups is 1. The first-order chi connectivity index (χ1) is 12.9. The van der Waals surface area contributed by atoms with Crippen LogP contribution < -0.4 is 4.74 Å². The van der Waals surface area contributed by atoms with Crippen molar-refractivity contribution in [2.45, 2.75) is 40.0 Å². The van der Waals surface area contributed by atoms with Gasteiger partial charge < -0.3 is 9.84 Å². The number of hydrogen-bond acceptors (Lipinski definition) is 4. The Labute approximate surface area is 163 Å². The molecular weight excluding hydrogens is 358 g/mol. The van der Waals surface area contributed by atoms with Gasteiger partial charge in [0.05, 0.1) is 5.69 Å². The highest BCUT2D eigenvalue weighted by Crippen LogP contribution is 2.34. The number of aromatic carboxylic acids is 1. The van der Waals surface area contributed by atoms with Gasteiger partial charge in [-0.3, -0.25) is 0 Å². The van der Waals surface area contributed by atoms with Crippen molar-refractivity contribution in [3.05, 3.63) is 64.2 Å². The lowest BCUT2D eigenvalue weighted by molar-refractivity contribution is 0.0701. The standard InChI is InChI=1S/C22H23NO3S/c1-5-18-20(22(24)25)27-21(23-18)15-7-9-16(10-8-15)26-19-12-14(4)6-11-17(19)13(2)3/h6-13H,5H2,1-4H3,(H,24,25). The van der Waals surface area contributed by atoms with Gasteiger partial charge in [-0.05, 0) is 60.7 Å². The molecule has 2 aromatic carbocycles. The number of carboxylic acids is 1. The molecule has 0 bridgehead atoms. The molecule has 0 unspecified atom stereocenters. The van der Waals surface area contributed by atoms with Crippen LogP contribution >= 0.6 is 11.3 Å². The largest absolute Gasteiger partial charge is 0.477 e. The van der Waals surface area contributed by atoms with Crippen LogP contribution in [0.15, 0.2) is 42.5 Å². The molecule has 4 nitrogen and oxygen atoms in total. The first-order valence-corrected chi connectivity index (χ1v) is 9.82. The molecule has 0 aliphatic heterocycles. The van der Waals surface area contributed by atoms with Crippen molar-refractivity contribution >= 4 is 17.3 Å². The van der Waals surface area contributed by atoms with Crippen LogP contribution in [-0.2, 0) is 6.42 Å². The zero-order chi connectivity index (χ0) is 19.6. The molecule has 1 aromatic heterocycles. The second-order valence-corrected chi connectivity index (χ2v) is 7.78. The minimum Gasteiger partial charge on any atom is -0.477 e. The average molecular weight is 381 g/mol. The highest BCUT2D eigenvalue weighted by Gasteiger charge is 2.17. The Hall–Kier alpha value is -2.66. The molecule has 3 rings (SSSR count). The van der Waals surface area contributed by atoms with Crippen molar-refractivity contribution in [1.82, 2.24) is 4.98 Å². The Kier molecular flexibility index (Phi) is 5.61. The smallest absolute Gasteiger partial charge is 0.347 e. The monoisotopic (exact) mass is 381 g/mol. The second-order valence-electron chi connectivity index (χ2n) is 6.78. The summed E-state index contributed by atoms with van der Waals surface area (Å²) in [5.41, 5.74) is 3.84. The fourth-order valence-corrected chi connectivity index (χ4v) is 3.88. The highest BCUT2D eigenvalue weighted by atomic mass is 32.1. The summed E-state index contributed by atoms with van der Waals surface area (Å²) in [6.07, 6.45) is 0.602. The summed E-state index contributed by atoms with van der Waals surface area (Å²) < 4.78 is 6.12. The van der Waals surface area contributed by atoms with Crippen molar-refractivity contribution < 1.29 is 14.6 Å².